The molecule has 1 amide bonds. The van der Waals surface area contributed by atoms with Crippen LogP contribution in [-0.2, 0) is 11.3 Å². The summed E-state index contributed by atoms with van der Waals surface area (Å²) in [6.45, 7) is 6.32. The van der Waals surface area contributed by atoms with Crippen molar-refractivity contribution in [1.29, 1.82) is 0 Å². The van der Waals surface area contributed by atoms with Gasteiger partial charge in [-0.05, 0) is 44.4 Å². The zero-order chi connectivity index (χ0) is 21.8. The van der Waals surface area contributed by atoms with Crippen molar-refractivity contribution >= 4 is 35.2 Å². The lowest BCUT2D eigenvalue weighted by Crippen LogP contribution is -2.30. The van der Waals surface area contributed by atoms with Gasteiger partial charge in [0.2, 0.25) is 11.9 Å². The van der Waals surface area contributed by atoms with Gasteiger partial charge in [0, 0.05) is 19.6 Å². The van der Waals surface area contributed by atoms with Crippen LogP contribution in [0.3, 0.4) is 0 Å². The summed E-state index contributed by atoms with van der Waals surface area (Å²) < 4.78 is 1.97. The predicted octanol–water partition coefficient (Wildman–Crippen LogP) is 4.63. The standard InChI is InChI=1S/C23H26ClN5OS/c1-16-9-11-18(12-10-16)15-25-21(30)17(2)31-23-27-26-22(28-13-5-6-14-28)29(23)20-8-4-3-7-19(20)24/h3-4,7-12,17H,5-6,13-15H2,1-2H3,(H,25,30). The highest BCUT2D eigenvalue weighted by atomic mass is 35.5. The van der Waals surface area contributed by atoms with Crippen molar-refractivity contribution in [2.24, 2.45) is 0 Å². The molecule has 162 valence electrons. The maximum absolute atomic E-state index is 12.7. The van der Waals surface area contributed by atoms with E-state index in [1.807, 2.05) is 66.9 Å². The van der Waals surface area contributed by atoms with Crippen LogP contribution in [-0.4, -0.2) is 39.0 Å². The Morgan fingerprint density at radius 1 is 1.13 bits per heavy atom. The largest absolute Gasteiger partial charge is 0.351 e. The second-order valence-corrected chi connectivity index (χ2v) is 9.44. The van der Waals surface area contributed by atoms with E-state index < -0.39 is 0 Å². The third kappa shape index (κ3) is 5.05. The molecule has 2 heterocycles. The number of anilines is 1. The number of carbonyl (C=O) groups excluding carboxylic acids is 1. The van der Waals surface area contributed by atoms with E-state index in [0.29, 0.717) is 16.7 Å². The summed E-state index contributed by atoms with van der Waals surface area (Å²) in [7, 11) is 0. The number of thioether (sulfide) groups is 1. The van der Waals surface area contributed by atoms with Crippen LogP contribution >= 0.6 is 23.4 Å². The average Bonchev–Trinajstić information content (AvgIpc) is 3.43. The van der Waals surface area contributed by atoms with Gasteiger partial charge in [0.25, 0.3) is 0 Å². The number of nitrogens with zero attached hydrogens (tertiary/aromatic N) is 4. The predicted molar refractivity (Wildman–Crippen MR) is 126 cm³/mol. The molecule has 1 atom stereocenters. The topological polar surface area (TPSA) is 63.1 Å². The number of halogens is 1. The Kier molecular flexibility index (Phi) is 6.83. The zero-order valence-electron chi connectivity index (χ0n) is 17.7. The number of hydrogen-bond acceptors (Lipinski definition) is 5. The number of para-hydroxylation sites is 1. The fraction of sp³-hybridized carbons (Fsp3) is 0.348. The van der Waals surface area contributed by atoms with E-state index in [4.69, 9.17) is 11.6 Å². The number of hydrogen-bond donors (Lipinski definition) is 1. The molecule has 1 aromatic heterocycles. The Morgan fingerprint density at radius 2 is 1.84 bits per heavy atom. The van der Waals surface area contributed by atoms with Crippen molar-refractivity contribution in [2.75, 3.05) is 18.0 Å². The zero-order valence-corrected chi connectivity index (χ0v) is 19.3. The van der Waals surface area contributed by atoms with Crippen LogP contribution in [0, 0.1) is 6.92 Å². The molecule has 1 unspecified atom stereocenters. The van der Waals surface area contributed by atoms with E-state index in [2.05, 4.69) is 20.4 Å². The van der Waals surface area contributed by atoms with Crippen molar-refractivity contribution in [1.82, 2.24) is 20.1 Å². The first kappa shape index (κ1) is 21.7. The van der Waals surface area contributed by atoms with E-state index in [-0.39, 0.29) is 11.2 Å². The van der Waals surface area contributed by atoms with Crippen molar-refractivity contribution in [3.8, 4) is 5.69 Å². The number of carbonyl (C=O) groups is 1. The highest BCUT2D eigenvalue weighted by Crippen LogP contribution is 2.33. The van der Waals surface area contributed by atoms with Gasteiger partial charge in [0.15, 0.2) is 5.16 Å². The second kappa shape index (κ2) is 9.75. The first-order chi connectivity index (χ1) is 15.0. The summed E-state index contributed by atoms with van der Waals surface area (Å²) in [6.07, 6.45) is 2.27. The molecular formula is C23H26ClN5OS. The first-order valence-corrected chi connectivity index (χ1v) is 11.7. The molecule has 1 saturated heterocycles. The molecule has 0 radical (unpaired) electrons. The lowest BCUT2D eigenvalue weighted by molar-refractivity contribution is -0.120. The number of aryl methyl sites for hydroxylation is 1. The van der Waals surface area contributed by atoms with Crippen LogP contribution in [0.25, 0.3) is 5.69 Å². The third-order valence-electron chi connectivity index (χ3n) is 5.34. The molecule has 1 aliphatic rings. The molecule has 1 aliphatic heterocycles. The quantitative estimate of drug-likeness (QED) is 0.526. The second-order valence-electron chi connectivity index (χ2n) is 7.73. The highest BCUT2D eigenvalue weighted by Gasteiger charge is 2.26. The van der Waals surface area contributed by atoms with Gasteiger partial charge in [0.05, 0.1) is 16.0 Å². The fourth-order valence-corrected chi connectivity index (χ4v) is 4.66. The SMILES string of the molecule is Cc1ccc(CNC(=O)C(C)Sc2nnc(N3CCCC3)n2-c2ccccc2Cl)cc1. The Bertz CT molecular complexity index is 1050. The highest BCUT2D eigenvalue weighted by molar-refractivity contribution is 8.00. The summed E-state index contributed by atoms with van der Waals surface area (Å²) in [5.74, 6) is 0.738. The average molecular weight is 456 g/mol. The van der Waals surface area contributed by atoms with Gasteiger partial charge in [0.1, 0.15) is 0 Å². The van der Waals surface area contributed by atoms with Gasteiger partial charge in [-0.15, -0.1) is 10.2 Å². The fourth-order valence-electron chi connectivity index (χ4n) is 3.55. The van der Waals surface area contributed by atoms with E-state index in [9.17, 15) is 4.79 Å². The minimum absolute atomic E-state index is 0.0398. The molecule has 0 spiro atoms. The van der Waals surface area contributed by atoms with Gasteiger partial charge in [-0.25, -0.2) is 0 Å². The third-order valence-corrected chi connectivity index (χ3v) is 6.70. The van der Waals surface area contributed by atoms with Gasteiger partial charge >= 0.3 is 0 Å². The summed E-state index contributed by atoms with van der Waals surface area (Å²) in [6, 6.07) is 15.8. The van der Waals surface area contributed by atoms with Crippen LogP contribution in [0.1, 0.15) is 30.9 Å². The van der Waals surface area contributed by atoms with Crippen molar-refractivity contribution in [2.45, 2.75) is 43.6 Å². The summed E-state index contributed by atoms with van der Waals surface area (Å²) >= 11 is 7.90. The summed E-state index contributed by atoms with van der Waals surface area (Å²) in [4.78, 5) is 15.0. The van der Waals surface area contributed by atoms with Crippen LogP contribution in [0.15, 0.2) is 53.7 Å². The van der Waals surface area contributed by atoms with Gasteiger partial charge in [-0.3, -0.25) is 9.36 Å². The smallest absolute Gasteiger partial charge is 0.233 e. The molecule has 8 heteroatoms. The van der Waals surface area contributed by atoms with Crippen LogP contribution in [0.5, 0.6) is 0 Å². The molecule has 31 heavy (non-hydrogen) atoms. The molecule has 0 aliphatic carbocycles. The lowest BCUT2D eigenvalue weighted by atomic mass is 10.1. The monoisotopic (exact) mass is 455 g/mol. The lowest BCUT2D eigenvalue weighted by Gasteiger charge is -2.19. The molecule has 4 rings (SSSR count). The Morgan fingerprint density at radius 3 is 2.55 bits per heavy atom. The van der Waals surface area contributed by atoms with E-state index in [1.54, 1.807) is 0 Å². The molecule has 0 bridgehead atoms. The van der Waals surface area contributed by atoms with Crippen LogP contribution in [0.2, 0.25) is 5.02 Å². The number of rotatable bonds is 7. The summed E-state index contributed by atoms with van der Waals surface area (Å²) in [5, 5.41) is 12.9. The molecule has 6 nitrogen and oxygen atoms in total. The van der Waals surface area contributed by atoms with Gasteiger partial charge in [-0.2, -0.15) is 0 Å². The maximum atomic E-state index is 12.7. The van der Waals surface area contributed by atoms with Crippen LogP contribution < -0.4 is 10.2 Å². The van der Waals surface area contributed by atoms with Crippen LogP contribution in [0.4, 0.5) is 5.95 Å². The van der Waals surface area contributed by atoms with Crippen molar-refractivity contribution < 1.29 is 4.79 Å². The van der Waals surface area contributed by atoms with Crippen molar-refractivity contribution in [3.05, 3.63) is 64.7 Å². The minimum Gasteiger partial charge on any atom is -0.351 e. The van der Waals surface area contributed by atoms with Gasteiger partial charge < -0.3 is 10.2 Å². The number of amides is 1. The molecular weight excluding hydrogens is 430 g/mol. The van der Waals surface area contributed by atoms with Gasteiger partial charge in [-0.1, -0.05) is 65.3 Å². The Balaban J connectivity index is 1.52. The number of benzene rings is 2. The molecule has 1 fully saturated rings. The molecule has 3 aromatic rings. The van der Waals surface area contributed by atoms with Crippen molar-refractivity contribution in [3.63, 3.8) is 0 Å². The Hall–Kier alpha value is -2.51. The molecule has 2 aromatic carbocycles. The number of aromatic nitrogens is 3. The normalized spacial score (nSPS) is 14.6. The molecule has 0 saturated carbocycles. The number of nitrogens with one attached hydrogen (secondary N) is 1. The maximum Gasteiger partial charge on any atom is 0.233 e. The first-order valence-electron chi connectivity index (χ1n) is 10.5. The minimum atomic E-state index is -0.331. The molecule has 1 N–H and O–H groups in total. The van der Waals surface area contributed by atoms with E-state index in [1.165, 1.54) is 17.3 Å². The Labute approximate surface area is 192 Å². The van der Waals surface area contributed by atoms with E-state index >= 15 is 0 Å². The summed E-state index contributed by atoms with van der Waals surface area (Å²) in [5.41, 5.74) is 3.10. The van der Waals surface area contributed by atoms with E-state index in [0.717, 1.165) is 43.1 Å².